The van der Waals surface area contributed by atoms with E-state index in [1.807, 2.05) is 0 Å². The summed E-state index contributed by atoms with van der Waals surface area (Å²) in [5.74, 6) is 0.861. The van der Waals surface area contributed by atoms with E-state index in [0.29, 0.717) is 5.41 Å². The minimum atomic E-state index is 0. The van der Waals surface area contributed by atoms with Gasteiger partial charge in [-0.3, -0.25) is 0 Å². The Kier molecular flexibility index (Phi) is 4.95. The van der Waals surface area contributed by atoms with E-state index >= 15 is 0 Å². The standard InChI is InChI=1S/C22H30N.ClH/c1-3-14-23(15-4-2)16-13-22-12-8-7-11-20(22)21(23)17-18-9-5-6-10-19(18)22;/h3-6,9-10,20-21H,1-2,7-8,11-17H2;1H/q+1;/p-1/t20-,21+,22-;/m0./s1. The van der Waals surface area contributed by atoms with E-state index in [0.717, 1.165) is 25.0 Å². The zero-order valence-corrected chi connectivity index (χ0v) is 15.5. The lowest BCUT2D eigenvalue weighted by molar-refractivity contribution is -0.952. The number of fused-ring (bicyclic) bond motifs is 1. The first kappa shape index (κ1) is 17.8. The van der Waals surface area contributed by atoms with Gasteiger partial charge in [0, 0.05) is 24.2 Å². The number of benzene rings is 1. The zero-order valence-electron chi connectivity index (χ0n) is 14.7. The van der Waals surface area contributed by atoms with E-state index in [2.05, 4.69) is 49.6 Å². The topological polar surface area (TPSA) is 0 Å². The highest BCUT2D eigenvalue weighted by Gasteiger charge is 2.59. The van der Waals surface area contributed by atoms with Crippen molar-refractivity contribution in [3.05, 3.63) is 60.7 Å². The van der Waals surface area contributed by atoms with Crippen LogP contribution in [0.4, 0.5) is 0 Å². The average Bonchev–Trinajstić information content (AvgIpc) is 2.59. The third kappa shape index (κ3) is 2.40. The lowest BCUT2D eigenvalue weighted by atomic mass is 9.51. The molecule has 2 aliphatic carbocycles. The van der Waals surface area contributed by atoms with Gasteiger partial charge in [0.05, 0.1) is 25.7 Å². The van der Waals surface area contributed by atoms with Crippen LogP contribution < -0.4 is 12.4 Å². The smallest absolute Gasteiger partial charge is 0.0975 e. The maximum absolute atomic E-state index is 4.08. The summed E-state index contributed by atoms with van der Waals surface area (Å²) in [6.45, 7) is 11.7. The largest absolute Gasteiger partial charge is 1.00 e. The zero-order chi connectivity index (χ0) is 15.9. The first-order valence-electron chi connectivity index (χ1n) is 9.42. The predicted molar refractivity (Wildman–Crippen MR) is 97.4 cm³/mol. The molecule has 2 fully saturated rings. The molecule has 0 amide bonds. The molecular formula is C22H30ClN. The third-order valence-electron chi connectivity index (χ3n) is 7.24. The van der Waals surface area contributed by atoms with Gasteiger partial charge in [0.1, 0.15) is 0 Å². The van der Waals surface area contributed by atoms with Crippen LogP contribution >= 0.6 is 0 Å². The molecule has 24 heavy (non-hydrogen) atoms. The Hall–Kier alpha value is -1.05. The molecule has 130 valence electrons. The second kappa shape index (κ2) is 6.69. The summed E-state index contributed by atoms with van der Waals surface area (Å²) < 4.78 is 1.20. The summed E-state index contributed by atoms with van der Waals surface area (Å²) in [6, 6.07) is 10.1. The minimum absolute atomic E-state index is 0. The Balaban J connectivity index is 0.00000169. The molecule has 1 nitrogen and oxygen atoms in total. The first-order chi connectivity index (χ1) is 11.3. The monoisotopic (exact) mass is 343 g/mol. The Morgan fingerprint density at radius 2 is 1.83 bits per heavy atom. The van der Waals surface area contributed by atoms with E-state index in [1.165, 1.54) is 49.6 Å². The Labute approximate surface area is 153 Å². The van der Waals surface area contributed by atoms with Crippen molar-refractivity contribution in [3.8, 4) is 0 Å². The molecule has 1 aliphatic heterocycles. The molecule has 1 aromatic rings. The van der Waals surface area contributed by atoms with Gasteiger partial charge >= 0.3 is 0 Å². The van der Waals surface area contributed by atoms with E-state index < -0.39 is 0 Å². The van der Waals surface area contributed by atoms with Crippen molar-refractivity contribution in [2.75, 3.05) is 19.6 Å². The van der Waals surface area contributed by atoms with Crippen molar-refractivity contribution in [1.82, 2.24) is 0 Å². The van der Waals surface area contributed by atoms with Gasteiger partial charge in [-0.25, -0.2) is 0 Å². The molecule has 1 saturated carbocycles. The fraction of sp³-hybridized carbons (Fsp3) is 0.545. The summed E-state index contributed by atoms with van der Waals surface area (Å²) in [5, 5.41) is 0. The number of quaternary nitrogens is 1. The van der Waals surface area contributed by atoms with Crippen LogP contribution in [0.15, 0.2) is 49.6 Å². The Morgan fingerprint density at radius 1 is 1.08 bits per heavy atom. The molecule has 0 spiro atoms. The molecule has 3 aliphatic rings. The molecule has 3 atom stereocenters. The molecule has 1 heterocycles. The molecule has 1 aromatic carbocycles. The molecule has 0 aromatic heterocycles. The van der Waals surface area contributed by atoms with Crippen LogP contribution in [-0.2, 0) is 11.8 Å². The van der Waals surface area contributed by atoms with Crippen molar-refractivity contribution in [1.29, 1.82) is 0 Å². The molecule has 0 N–H and O–H groups in total. The number of hydrogen-bond donors (Lipinski definition) is 0. The van der Waals surface area contributed by atoms with Crippen LogP contribution in [0.2, 0.25) is 0 Å². The van der Waals surface area contributed by atoms with Gasteiger partial charge in [0.2, 0.25) is 0 Å². The molecule has 1 saturated heterocycles. The second-order valence-corrected chi connectivity index (χ2v) is 8.07. The van der Waals surface area contributed by atoms with Crippen LogP contribution in [0.25, 0.3) is 0 Å². The lowest BCUT2D eigenvalue weighted by Crippen LogP contribution is -3.00. The third-order valence-corrected chi connectivity index (χ3v) is 7.24. The fourth-order valence-corrected chi connectivity index (χ4v) is 6.36. The van der Waals surface area contributed by atoms with Crippen LogP contribution in [0.1, 0.15) is 43.2 Å². The van der Waals surface area contributed by atoms with Gasteiger partial charge in [-0.15, -0.1) is 0 Å². The van der Waals surface area contributed by atoms with Gasteiger partial charge in [-0.05, 0) is 36.1 Å². The molecule has 2 heteroatoms. The predicted octanol–water partition coefficient (Wildman–Crippen LogP) is 1.64. The highest BCUT2D eigenvalue weighted by Crippen LogP contribution is 2.57. The van der Waals surface area contributed by atoms with Gasteiger partial charge in [-0.1, -0.05) is 50.3 Å². The van der Waals surface area contributed by atoms with E-state index in [-0.39, 0.29) is 12.4 Å². The van der Waals surface area contributed by atoms with Crippen molar-refractivity contribution in [2.24, 2.45) is 5.92 Å². The molecule has 2 bridgehead atoms. The molecule has 4 rings (SSSR count). The summed E-state index contributed by atoms with van der Waals surface area (Å²) in [7, 11) is 0. The van der Waals surface area contributed by atoms with Crippen molar-refractivity contribution in [2.45, 2.75) is 50.0 Å². The quantitative estimate of drug-likeness (QED) is 0.576. The van der Waals surface area contributed by atoms with E-state index in [1.54, 1.807) is 11.1 Å². The van der Waals surface area contributed by atoms with Crippen LogP contribution in [0, 0.1) is 5.92 Å². The highest BCUT2D eigenvalue weighted by atomic mass is 35.5. The van der Waals surface area contributed by atoms with Crippen molar-refractivity contribution >= 4 is 0 Å². The maximum Gasteiger partial charge on any atom is 0.0975 e. The molecule has 0 unspecified atom stereocenters. The summed E-state index contributed by atoms with van der Waals surface area (Å²) in [5.41, 5.74) is 3.81. The van der Waals surface area contributed by atoms with Crippen molar-refractivity contribution in [3.63, 3.8) is 0 Å². The maximum atomic E-state index is 4.08. The van der Waals surface area contributed by atoms with Gasteiger partial charge in [-0.2, -0.15) is 0 Å². The number of nitrogens with zero attached hydrogens (tertiary/aromatic N) is 1. The van der Waals surface area contributed by atoms with Crippen LogP contribution in [0.3, 0.4) is 0 Å². The Bertz CT molecular complexity index is 612. The summed E-state index contributed by atoms with van der Waals surface area (Å²) >= 11 is 0. The molecule has 0 radical (unpaired) electrons. The number of rotatable bonds is 4. The normalized spacial score (nSPS) is 32.7. The number of hydrogen-bond acceptors (Lipinski definition) is 0. The van der Waals surface area contributed by atoms with E-state index in [9.17, 15) is 0 Å². The first-order valence-corrected chi connectivity index (χ1v) is 9.42. The average molecular weight is 344 g/mol. The SMILES string of the molecule is C=CC[N+]1(CC=C)CC[C@]23CCCC[C@H]2[C@H]1Cc1ccccc13.[Cl-]. The fourth-order valence-electron chi connectivity index (χ4n) is 6.36. The van der Waals surface area contributed by atoms with Gasteiger partial charge < -0.3 is 16.9 Å². The second-order valence-electron chi connectivity index (χ2n) is 8.07. The molecular weight excluding hydrogens is 314 g/mol. The minimum Gasteiger partial charge on any atom is -1.00 e. The lowest BCUT2D eigenvalue weighted by Gasteiger charge is -2.62. The number of likely N-dealkylation sites (tertiary alicyclic amines) is 1. The van der Waals surface area contributed by atoms with Gasteiger partial charge in [0.15, 0.2) is 0 Å². The van der Waals surface area contributed by atoms with E-state index in [4.69, 9.17) is 0 Å². The Morgan fingerprint density at radius 3 is 2.58 bits per heavy atom. The highest BCUT2D eigenvalue weighted by molar-refractivity contribution is 5.40. The summed E-state index contributed by atoms with van der Waals surface area (Å²) in [6.07, 6.45) is 12.6. The summed E-state index contributed by atoms with van der Waals surface area (Å²) in [4.78, 5) is 0. The van der Waals surface area contributed by atoms with Crippen molar-refractivity contribution < 1.29 is 16.9 Å². The van der Waals surface area contributed by atoms with Gasteiger partial charge in [0.25, 0.3) is 0 Å². The number of piperidine rings is 1. The number of halogens is 1. The van der Waals surface area contributed by atoms with Crippen LogP contribution in [0.5, 0.6) is 0 Å². The van der Waals surface area contributed by atoms with Crippen LogP contribution in [-0.4, -0.2) is 30.2 Å².